The van der Waals surface area contributed by atoms with Gasteiger partial charge in [0.1, 0.15) is 0 Å². The first kappa shape index (κ1) is 17.0. The van der Waals surface area contributed by atoms with E-state index in [0.717, 1.165) is 25.2 Å². The van der Waals surface area contributed by atoms with Gasteiger partial charge in [0.25, 0.3) is 0 Å². The number of halogens is 1. The predicted octanol–water partition coefficient (Wildman–Crippen LogP) is 2.12. The van der Waals surface area contributed by atoms with Gasteiger partial charge in [-0.3, -0.25) is 9.69 Å². The van der Waals surface area contributed by atoms with Crippen LogP contribution < -0.4 is 10.6 Å². The molecule has 1 fully saturated rings. The zero-order chi connectivity index (χ0) is 13.5. The second kappa shape index (κ2) is 8.95. The third kappa shape index (κ3) is 5.49. The van der Waals surface area contributed by atoms with Crippen LogP contribution in [0.2, 0.25) is 0 Å². The van der Waals surface area contributed by atoms with Gasteiger partial charge in [0.05, 0.1) is 6.54 Å². The van der Waals surface area contributed by atoms with E-state index in [0.29, 0.717) is 12.6 Å². The Balaban J connectivity index is 0.00000200. The number of para-hydroxylation sites is 1. The van der Waals surface area contributed by atoms with Crippen LogP contribution in [-0.4, -0.2) is 43.5 Å². The van der Waals surface area contributed by atoms with Crippen LogP contribution in [0.1, 0.15) is 19.3 Å². The molecule has 0 bridgehead atoms. The van der Waals surface area contributed by atoms with Gasteiger partial charge < -0.3 is 10.6 Å². The summed E-state index contributed by atoms with van der Waals surface area (Å²) in [4.78, 5) is 14.2. The summed E-state index contributed by atoms with van der Waals surface area (Å²) in [6, 6.07) is 10.1. The smallest absolute Gasteiger partial charge is 0.238 e. The van der Waals surface area contributed by atoms with Crippen molar-refractivity contribution in [3.63, 3.8) is 0 Å². The summed E-state index contributed by atoms with van der Waals surface area (Å²) in [6.45, 7) is 2.61. The number of benzene rings is 1. The lowest BCUT2D eigenvalue weighted by atomic mass is 10.1. The van der Waals surface area contributed by atoms with Crippen LogP contribution in [0, 0.1) is 0 Å². The third-order valence-electron chi connectivity index (χ3n) is 3.62. The Morgan fingerprint density at radius 2 is 2.05 bits per heavy atom. The van der Waals surface area contributed by atoms with E-state index in [1.807, 2.05) is 37.4 Å². The molecular weight excluding hydrogens is 274 g/mol. The lowest BCUT2D eigenvalue weighted by Crippen LogP contribution is -2.38. The summed E-state index contributed by atoms with van der Waals surface area (Å²) in [6.07, 6.45) is 3.48. The number of amides is 1. The first-order valence-corrected chi connectivity index (χ1v) is 7.01. The molecule has 0 aliphatic carbocycles. The number of rotatable bonds is 4. The first-order chi connectivity index (χ1) is 9.25. The van der Waals surface area contributed by atoms with Crippen LogP contribution in [0.15, 0.2) is 30.3 Å². The van der Waals surface area contributed by atoms with Crippen molar-refractivity contribution >= 4 is 24.0 Å². The SMILES string of the molecule is CN(CC(=O)Nc1ccccc1)C1CCCNCC1.Cl. The maximum absolute atomic E-state index is 12.0. The molecule has 1 amide bonds. The fourth-order valence-electron chi connectivity index (χ4n) is 2.52. The highest BCUT2D eigenvalue weighted by atomic mass is 35.5. The van der Waals surface area contributed by atoms with Crippen molar-refractivity contribution in [2.75, 3.05) is 32.0 Å². The topological polar surface area (TPSA) is 44.4 Å². The van der Waals surface area contributed by atoms with Gasteiger partial charge in [-0.05, 0) is 51.5 Å². The molecule has 0 saturated carbocycles. The van der Waals surface area contributed by atoms with Gasteiger partial charge >= 0.3 is 0 Å². The van der Waals surface area contributed by atoms with Crippen molar-refractivity contribution < 1.29 is 4.79 Å². The highest BCUT2D eigenvalue weighted by molar-refractivity contribution is 5.92. The van der Waals surface area contributed by atoms with E-state index in [4.69, 9.17) is 0 Å². The number of hydrogen-bond acceptors (Lipinski definition) is 3. The van der Waals surface area contributed by atoms with Crippen molar-refractivity contribution in [2.24, 2.45) is 0 Å². The van der Waals surface area contributed by atoms with Crippen LogP contribution in [0.4, 0.5) is 5.69 Å². The zero-order valence-corrected chi connectivity index (χ0v) is 12.8. The van der Waals surface area contributed by atoms with E-state index in [9.17, 15) is 4.79 Å². The predicted molar refractivity (Wildman–Crippen MR) is 85.5 cm³/mol. The third-order valence-corrected chi connectivity index (χ3v) is 3.62. The summed E-state index contributed by atoms with van der Waals surface area (Å²) in [5.41, 5.74) is 0.864. The molecule has 20 heavy (non-hydrogen) atoms. The molecule has 2 rings (SSSR count). The quantitative estimate of drug-likeness (QED) is 0.895. The summed E-state index contributed by atoms with van der Waals surface area (Å²) in [5, 5.41) is 6.33. The monoisotopic (exact) mass is 297 g/mol. The Morgan fingerprint density at radius 1 is 1.30 bits per heavy atom. The van der Waals surface area contributed by atoms with Crippen molar-refractivity contribution in [2.45, 2.75) is 25.3 Å². The molecule has 1 unspecified atom stereocenters. The van der Waals surface area contributed by atoms with Crippen molar-refractivity contribution in [3.05, 3.63) is 30.3 Å². The molecule has 2 N–H and O–H groups in total. The molecule has 0 aromatic heterocycles. The summed E-state index contributed by atoms with van der Waals surface area (Å²) in [7, 11) is 2.04. The lowest BCUT2D eigenvalue weighted by Gasteiger charge is -2.26. The summed E-state index contributed by atoms with van der Waals surface area (Å²) < 4.78 is 0. The van der Waals surface area contributed by atoms with E-state index < -0.39 is 0 Å². The summed E-state index contributed by atoms with van der Waals surface area (Å²) >= 11 is 0. The maximum Gasteiger partial charge on any atom is 0.238 e. The molecule has 1 saturated heterocycles. The molecule has 4 nitrogen and oxygen atoms in total. The molecular formula is C15H24ClN3O. The Morgan fingerprint density at radius 3 is 2.80 bits per heavy atom. The van der Waals surface area contributed by atoms with E-state index in [2.05, 4.69) is 15.5 Å². The maximum atomic E-state index is 12.0. The second-order valence-electron chi connectivity index (χ2n) is 5.16. The van der Waals surface area contributed by atoms with E-state index >= 15 is 0 Å². The van der Waals surface area contributed by atoms with Crippen LogP contribution in [-0.2, 0) is 4.79 Å². The number of anilines is 1. The minimum atomic E-state index is 0. The van der Waals surface area contributed by atoms with Gasteiger partial charge in [0, 0.05) is 11.7 Å². The highest BCUT2D eigenvalue weighted by Gasteiger charge is 2.18. The van der Waals surface area contributed by atoms with Gasteiger partial charge in [-0.2, -0.15) is 0 Å². The molecule has 112 valence electrons. The number of hydrogen-bond donors (Lipinski definition) is 2. The van der Waals surface area contributed by atoms with Crippen molar-refractivity contribution in [1.82, 2.24) is 10.2 Å². The number of carbonyl (C=O) groups excluding carboxylic acids is 1. The average molecular weight is 298 g/mol. The Labute approximate surface area is 127 Å². The number of nitrogens with zero attached hydrogens (tertiary/aromatic N) is 1. The normalized spacial score (nSPS) is 19.0. The van der Waals surface area contributed by atoms with Crippen LogP contribution >= 0.6 is 12.4 Å². The van der Waals surface area contributed by atoms with Gasteiger partial charge in [-0.15, -0.1) is 12.4 Å². The standard InChI is InChI=1S/C15H23N3O.ClH/c1-18(14-8-5-10-16-11-9-14)12-15(19)17-13-6-3-2-4-7-13;/h2-4,6-7,14,16H,5,8-12H2,1H3,(H,17,19);1H. The largest absolute Gasteiger partial charge is 0.325 e. The molecule has 1 aromatic carbocycles. The summed E-state index contributed by atoms with van der Waals surface area (Å²) in [5.74, 6) is 0.0610. The minimum absolute atomic E-state index is 0. The molecule has 0 radical (unpaired) electrons. The van der Waals surface area contributed by atoms with Gasteiger partial charge in [-0.1, -0.05) is 18.2 Å². The number of nitrogens with one attached hydrogen (secondary N) is 2. The van der Waals surface area contributed by atoms with Gasteiger partial charge in [0.2, 0.25) is 5.91 Å². The Bertz CT molecular complexity index is 391. The Kier molecular flexibility index (Phi) is 7.59. The molecule has 1 aromatic rings. The van der Waals surface area contributed by atoms with Crippen molar-refractivity contribution in [1.29, 1.82) is 0 Å². The number of likely N-dealkylation sites (N-methyl/N-ethyl adjacent to an activating group) is 1. The molecule has 1 aliphatic heterocycles. The van der Waals surface area contributed by atoms with Crippen molar-refractivity contribution in [3.8, 4) is 0 Å². The minimum Gasteiger partial charge on any atom is -0.325 e. The highest BCUT2D eigenvalue weighted by Crippen LogP contribution is 2.12. The zero-order valence-electron chi connectivity index (χ0n) is 12.0. The fourth-order valence-corrected chi connectivity index (χ4v) is 2.52. The molecule has 1 heterocycles. The molecule has 1 atom stereocenters. The molecule has 5 heteroatoms. The number of carbonyl (C=O) groups is 1. The van der Waals surface area contributed by atoms with Crippen LogP contribution in [0.3, 0.4) is 0 Å². The van der Waals surface area contributed by atoms with E-state index in [1.54, 1.807) is 0 Å². The Hall–Kier alpha value is -1.10. The lowest BCUT2D eigenvalue weighted by molar-refractivity contribution is -0.117. The second-order valence-corrected chi connectivity index (χ2v) is 5.16. The fraction of sp³-hybridized carbons (Fsp3) is 0.533. The average Bonchev–Trinajstić information content (AvgIpc) is 2.68. The molecule has 0 spiro atoms. The van der Waals surface area contributed by atoms with E-state index in [-0.39, 0.29) is 18.3 Å². The van der Waals surface area contributed by atoms with Crippen LogP contribution in [0.25, 0.3) is 0 Å². The van der Waals surface area contributed by atoms with Gasteiger partial charge in [0.15, 0.2) is 0 Å². The van der Waals surface area contributed by atoms with E-state index in [1.165, 1.54) is 12.8 Å². The van der Waals surface area contributed by atoms with Gasteiger partial charge in [-0.25, -0.2) is 0 Å². The first-order valence-electron chi connectivity index (χ1n) is 7.01. The van der Waals surface area contributed by atoms with Crippen LogP contribution in [0.5, 0.6) is 0 Å². The molecule has 1 aliphatic rings.